The minimum absolute atomic E-state index is 0.297. The minimum atomic E-state index is -0.905. The summed E-state index contributed by atoms with van der Waals surface area (Å²) >= 11 is 0. The second-order valence-electron chi connectivity index (χ2n) is 7.36. The number of carbonyl (C=O) groups excluding carboxylic acids is 4. The number of rotatable bonds is 19. The molecule has 0 radical (unpaired) electrons. The fraction of sp³-hybridized carbons (Fsp3) is 0.545. The Morgan fingerprint density at radius 1 is 0.778 bits per heavy atom. The van der Waals surface area contributed by atoms with Crippen molar-refractivity contribution in [3.8, 4) is 11.8 Å². The SMILES string of the molecule is O=C(COCC(=O)On1c(O)ccc1O)NCCCOCCOCCOCCCN1C(=O)C=CC1=O. The summed E-state index contributed by atoms with van der Waals surface area (Å²) in [5, 5.41) is 21.3. The van der Waals surface area contributed by atoms with Gasteiger partial charge >= 0.3 is 5.97 Å². The first-order valence-electron chi connectivity index (χ1n) is 11.3. The maximum atomic E-state index is 11.7. The van der Waals surface area contributed by atoms with E-state index in [0.717, 1.165) is 12.1 Å². The van der Waals surface area contributed by atoms with E-state index in [2.05, 4.69) is 10.2 Å². The van der Waals surface area contributed by atoms with Crippen LogP contribution in [-0.2, 0) is 38.1 Å². The van der Waals surface area contributed by atoms with Gasteiger partial charge in [0.2, 0.25) is 17.7 Å². The lowest BCUT2D eigenvalue weighted by Crippen LogP contribution is -2.31. The van der Waals surface area contributed by atoms with Crippen LogP contribution in [0.3, 0.4) is 0 Å². The van der Waals surface area contributed by atoms with Gasteiger partial charge in [-0.25, -0.2) is 4.79 Å². The molecule has 0 aromatic carbocycles. The van der Waals surface area contributed by atoms with E-state index in [0.29, 0.717) is 70.3 Å². The van der Waals surface area contributed by atoms with Gasteiger partial charge in [0.1, 0.15) is 13.2 Å². The van der Waals surface area contributed by atoms with Crippen LogP contribution in [0, 0.1) is 0 Å². The largest absolute Gasteiger partial charge is 0.492 e. The summed E-state index contributed by atoms with van der Waals surface area (Å²) in [5.74, 6) is -2.84. The number of aromatic hydroxyl groups is 2. The van der Waals surface area contributed by atoms with Crippen LogP contribution in [0.15, 0.2) is 24.3 Å². The molecule has 1 aromatic heterocycles. The van der Waals surface area contributed by atoms with Crippen molar-refractivity contribution in [3.63, 3.8) is 0 Å². The summed E-state index contributed by atoms with van der Waals surface area (Å²) in [6.07, 6.45) is 3.63. The lowest BCUT2D eigenvalue weighted by atomic mass is 10.4. The Kier molecular flexibility index (Phi) is 13.0. The van der Waals surface area contributed by atoms with Gasteiger partial charge in [-0.05, 0) is 12.8 Å². The summed E-state index contributed by atoms with van der Waals surface area (Å²) < 4.78 is 21.6. The van der Waals surface area contributed by atoms with Crippen LogP contribution in [0.4, 0.5) is 0 Å². The lowest BCUT2D eigenvalue weighted by Gasteiger charge is -2.13. The second-order valence-corrected chi connectivity index (χ2v) is 7.36. The first-order chi connectivity index (χ1) is 17.4. The maximum absolute atomic E-state index is 11.7. The van der Waals surface area contributed by atoms with Crippen molar-refractivity contribution in [3.05, 3.63) is 24.3 Å². The van der Waals surface area contributed by atoms with Gasteiger partial charge in [0.05, 0.1) is 26.4 Å². The Balaban J connectivity index is 1.31. The van der Waals surface area contributed by atoms with Crippen molar-refractivity contribution in [2.75, 3.05) is 65.9 Å². The quantitative estimate of drug-likeness (QED) is 0.149. The lowest BCUT2D eigenvalue weighted by molar-refractivity contribution is -0.151. The van der Waals surface area contributed by atoms with Crippen molar-refractivity contribution in [1.82, 2.24) is 14.9 Å². The number of carbonyl (C=O) groups is 4. The van der Waals surface area contributed by atoms with Gasteiger partial charge in [0.25, 0.3) is 11.8 Å². The predicted octanol–water partition coefficient (Wildman–Crippen LogP) is -1.26. The zero-order valence-corrected chi connectivity index (χ0v) is 19.8. The Morgan fingerprint density at radius 3 is 1.94 bits per heavy atom. The molecule has 3 amide bonds. The molecule has 3 N–H and O–H groups in total. The van der Waals surface area contributed by atoms with E-state index in [-0.39, 0.29) is 18.4 Å². The molecular formula is C22H31N3O11. The summed E-state index contributed by atoms with van der Waals surface area (Å²) in [5.41, 5.74) is 0. The third kappa shape index (κ3) is 10.9. The molecule has 1 aromatic rings. The van der Waals surface area contributed by atoms with Crippen molar-refractivity contribution < 1.29 is 53.2 Å². The van der Waals surface area contributed by atoms with Crippen LogP contribution in [0.5, 0.6) is 11.8 Å². The van der Waals surface area contributed by atoms with Crippen LogP contribution in [0.1, 0.15) is 12.8 Å². The van der Waals surface area contributed by atoms with E-state index in [1.807, 2.05) is 0 Å². The molecule has 200 valence electrons. The Morgan fingerprint density at radius 2 is 1.33 bits per heavy atom. The average Bonchev–Trinajstić information content (AvgIpc) is 3.34. The van der Waals surface area contributed by atoms with E-state index >= 15 is 0 Å². The summed E-state index contributed by atoms with van der Waals surface area (Å²) in [6.45, 7) is 2.18. The smallest absolute Gasteiger partial charge is 0.358 e. The number of nitrogens with one attached hydrogen (secondary N) is 1. The highest BCUT2D eigenvalue weighted by molar-refractivity contribution is 6.12. The molecular weight excluding hydrogens is 482 g/mol. The van der Waals surface area contributed by atoms with Crippen LogP contribution in [0.2, 0.25) is 0 Å². The van der Waals surface area contributed by atoms with E-state index in [1.165, 1.54) is 17.1 Å². The molecule has 0 fully saturated rings. The zero-order chi connectivity index (χ0) is 26.2. The third-order valence-electron chi connectivity index (χ3n) is 4.55. The average molecular weight is 514 g/mol. The second kappa shape index (κ2) is 16.3. The Bertz CT molecular complexity index is 862. The number of imide groups is 1. The van der Waals surface area contributed by atoms with Crippen molar-refractivity contribution in [1.29, 1.82) is 0 Å². The molecule has 0 aliphatic carbocycles. The van der Waals surface area contributed by atoms with Gasteiger partial charge in [0, 0.05) is 50.6 Å². The molecule has 0 bridgehead atoms. The molecule has 14 heteroatoms. The molecule has 2 rings (SSSR count). The van der Waals surface area contributed by atoms with Crippen molar-refractivity contribution in [2.45, 2.75) is 12.8 Å². The standard InChI is InChI=1S/C22H31N3O11/c26-17(15-35-16-22(31)36-25-20(29)5-6-21(25)30)23-7-1-9-32-11-13-34-14-12-33-10-2-8-24-18(27)3-4-19(24)28/h3-6,29-30H,1-2,7-16H2,(H,23,26). The number of amides is 3. The molecule has 36 heavy (non-hydrogen) atoms. The molecule has 0 spiro atoms. The zero-order valence-electron chi connectivity index (χ0n) is 19.8. The molecule has 0 saturated heterocycles. The van der Waals surface area contributed by atoms with Crippen molar-refractivity contribution in [2.24, 2.45) is 0 Å². The monoisotopic (exact) mass is 513 g/mol. The molecule has 1 aliphatic heterocycles. The topological polar surface area (TPSA) is 175 Å². The first-order valence-corrected chi connectivity index (χ1v) is 11.3. The van der Waals surface area contributed by atoms with Gasteiger partial charge in [-0.15, -0.1) is 4.73 Å². The molecule has 2 heterocycles. The van der Waals surface area contributed by atoms with E-state index < -0.39 is 30.2 Å². The molecule has 1 aliphatic rings. The summed E-state index contributed by atoms with van der Waals surface area (Å²) in [6, 6.07) is 2.27. The Hall–Kier alpha value is -3.46. The molecule has 0 atom stereocenters. The van der Waals surface area contributed by atoms with Gasteiger partial charge in [-0.3, -0.25) is 19.3 Å². The predicted molar refractivity (Wildman–Crippen MR) is 121 cm³/mol. The van der Waals surface area contributed by atoms with Crippen LogP contribution < -0.4 is 10.2 Å². The minimum Gasteiger partial charge on any atom is -0.492 e. The number of nitrogens with zero attached hydrogens (tertiary/aromatic N) is 2. The molecule has 0 unspecified atom stereocenters. The van der Waals surface area contributed by atoms with Crippen LogP contribution in [0.25, 0.3) is 0 Å². The van der Waals surface area contributed by atoms with E-state index in [9.17, 15) is 29.4 Å². The van der Waals surface area contributed by atoms with Crippen molar-refractivity contribution >= 4 is 23.7 Å². The first kappa shape index (κ1) is 28.8. The van der Waals surface area contributed by atoms with E-state index in [4.69, 9.17) is 18.9 Å². The molecule has 0 saturated carbocycles. The Labute approximate surface area is 207 Å². The third-order valence-corrected chi connectivity index (χ3v) is 4.55. The van der Waals surface area contributed by atoms with E-state index in [1.54, 1.807) is 0 Å². The van der Waals surface area contributed by atoms with Crippen LogP contribution >= 0.6 is 0 Å². The fourth-order valence-electron chi connectivity index (χ4n) is 2.82. The van der Waals surface area contributed by atoms with Gasteiger partial charge in [-0.1, -0.05) is 0 Å². The number of aromatic nitrogens is 1. The number of hydrogen-bond donors (Lipinski definition) is 3. The number of hydrogen-bond acceptors (Lipinski definition) is 11. The molecule has 14 nitrogen and oxygen atoms in total. The maximum Gasteiger partial charge on any atom is 0.358 e. The fourth-order valence-corrected chi connectivity index (χ4v) is 2.82. The normalized spacial score (nSPS) is 12.9. The highest BCUT2D eigenvalue weighted by Crippen LogP contribution is 2.18. The highest BCUT2D eigenvalue weighted by atomic mass is 16.7. The van der Waals surface area contributed by atoms with Gasteiger partial charge in [-0.2, -0.15) is 0 Å². The van der Waals surface area contributed by atoms with Gasteiger partial charge in [0.15, 0.2) is 0 Å². The highest BCUT2D eigenvalue weighted by Gasteiger charge is 2.22. The van der Waals surface area contributed by atoms with Crippen LogP contribution in [-0.4, -0.2) is 109 Å². The van der Waals surface area contributed by atoms with Gasteiger partial charge < -0.3 is 39.3 Å². The number of ether oxygens (including phenoxy) is 4. The summed E-state index contributed by atoms with van der Waals surface area (Å²) in [7, 11) is 0. The summed E-state index contributed by atoms with van der Waals surface area (Å²) in [4.78, 5) is 51.8.